The summed E-state index contributed by atoms with van der Waals surface area (Å²) in [7, 11) is 0. The van der Waals surface area contributed by atoms with E-state index in [1.165, 1.54) is 22.3 Å². The predicted octanol–water partition coefficient (Wildman–Crippen LogP) is 6.96. The van der Waals surface area contributed by atoms with Gasteiger partial charge in [-0.2, -0.15) is 0 Å². The summed E-state index contributed by atoms with van der Waals surface area (Å²) in [5.41, 5.74) is 6.55. The smallest absolute Gasteiger partial charge is 0.251 e. The normalized spacial score (nSPS) is 12.4. The zero-order chi connectivity index (χ0) is 25.9. The van der Waals surface area contributed by atoms with Crippen LogP contribution in [0.3, 0.4) is 0 Å². The van der Waals surface area contributed by atoms with Crippen molar-refractivity contribution in [3.63, 3.8) is 0 Å². The van der Waals surface area contributed by atoms with Crippen molar-refractivity contribution in [1.29, 1.82) is 0 Å². The van der Waals surface area contributed by atoms with E-state index in [0.717, 1.165) is 16.6 Å². The first-order valence-electron chi connectivity index (χ1n) is 12.2. The van der Waals surface area contributed by atoms with E-state index in [1.54, 1.807) is 11.8 Å². The Bertz CT molecular complexity index is 1330. The molecule has 0 saturated heterocycles. The van der Waals surface area contributed by atoms with Gasteiger partial charge in [0.15, 0.2) is 11.0 Å². The Labute approximate surface area is 218 Å². The van der Waals surface area contributed by atoms with Crippen molar-refractivity contribution in [2.45, 2.75) is 63.9 Å². The van der Waals surface area contributed by atoms with Crippen LogP contribution in [0.1, 0.15) is 72.2 Å². The molecule has 0 aliphatic carbocycles. The average Bonchev–Trinajstić information content (AvgIpc) is 3.27. The van der Waals surface area contributed by atoms with E-state index in [4.69, 9.17) is 0 Å². The lowest BCUT2D eigenvalue weighted by molar-refractivity contribution is 0.0938. The van der Waals surface area contributed by atoms with Crippen LogP contribution in [0.15, 0.2) is 78.0 Å². The third kappa shape index (κ3) is 5.88. The minimum Gasteiger partial charge on any atom is -0.342 e. The fraction of sp³-hybridized carbons (Fsp3) is 0.300. The van der Waals surface area contributed by atoms with Crippen molar-refractivity contribution in [3.8, 4) is 5.69 Å². The average molecular weight is 499 g/mol. The number of nitrogens with one attached hydrogen (secondary N) is 1. The lowest BCUT2D eigenvalue weighted by Crippen LogP contribution is -2.28. The van der Waals surface area contributed by atoms with Crippen molar-refractivity contribution in [2.24, 2.45) is 0 Å². The molecule has 3 aromatic carbocycles. The number of nitrogens with zero attached hydrogens (tertiary/aromatic N) is 3. The zero-order valence-corrected chi connectivity index (χ0v) is 22.7. The number of carbonyl (C=O) groups excluding carboxylic acids is 1. The number of thioether (sulfide) groups is 1. The van der Waals surface area contributed by atoms with Crippen molar-refractivity contribution >= 4 is 17.7 Å². The summed E-state index contributed by atoms with van der Waals surface area (Å²) >= 11 is 1.65. The lowest BCUT2D eigenvalue weighted by atomic mass is 9.86. The highest BCUT2D eigenvalue weighted by Crippen LogP contribution is 2.29. The second-order valence-corrected chi connectivity index (χ2v) is 11.2. The Morgan fingerprint density at radius 2 is 1.61 bits per heavy atom. The van der Waals surface area contributed by atoms with Gasteiger partial charge in [0.1, 0.15) is 0 Å². The molecule has 0 fully saturated rings. The molecule has 1 aromatic heterocycles. The van der Waals surface area contributed by atoms with Crippen LogP contribution in [-0.2, 0) is 11.2 Å². The third-order valence-corrected chi connectivity index (χ3v) is 7.29. The second-order valence-electron chi connectivity index (χ2n) is 10.2. The maximum atomic E-state index is 13.1. The van der Waals surface area contributed by atoms with Crippen molar-refractivity contribution < 1.29 is 4.79 Å². The Hall–Kier alpha value is -3.38. The van der Waals surface area contributed by atoms with Crippen LogP contribution in [0.5, 0.6) is 0 Å². The lowest BCUT2D eigenvalue weighted by Gasteiger charge is -2.19. The van der Waals surface area contributed by atoms with Crippen molar-refractivity contribution in [2.75, 3.05) is 0 Å². The molecule has 1 N–H and O–H groups in total. The van der Waals surface area contributed by atoms with Gasteiger partial charge in [-0.15, -0.1) is 10.2 Å². The number of hydrogen-bond donors (Lipinski definition) is 1. The SMILES string of the molecule is Cc1ccc(-n2c(SCc3ccccc3C)nnc2C(C)NC(=O)c2ccc(C(C)(C)C)cc2)cc1. The molecule has 0 spiro atoms. The van der Waals surface area contributed by atoms with E-state index in [0.29, 0.717) is 11.4 Å². The van der Waals surface area contributed by atoms with Crippen LogP contribution in [0.25, 0.3) is 5.69 Å². The van der Waals surface area contributed by atoms with Gasteiger partial charge in [-0.25, -0.2) is 0 Å². The van der Waals surface area contributed by atoms with Crippen LogP contribution < -0.4 is 5.32 Å². The van der Waals surface area contributed by atoms with Gasteiger partial charge in [-0.1, -0.05) is 86.6 Å². The first kappa shape index (κ1) is 25.7. The van der Waals surface area contributed by atoms with Crippen LogP contribution in [0.4, 0.5) is 0 Å². The van der Waals surface area contributed by atoms with E-state index < -0.39 is 0 Å². The number of amides is 1. The largest absolute Gasteiger partial charge is 0.342 e. The van der Waals surface area contributed by atoms with Crippen LogP contribution in [-0.4, -0.2) is 20.7 Å². The molecule has 1 unspecified atom stereocenters. The Morgan fingerprint density at radius 1 is 0.944 bits per heavy atom. The highest BCUT2D eigenvalue weighted by atomic mass is 32.2. The molecule has 1 atom stereocenters. The van der Waals surface area contributed by atoms with Crippen molar-refractivity contribution in [3.05, 3.63) is 106 Å². The number of rotatable bonds is 7. The summed E-state index contributed by atoms with van der Waals surface area (Å²) in [5, 5.41) is 13.0. The second kappa shape index (κ2) is 10.7. The number of carbonyl (C=O) groups is 1. The summed E-state index contributed by atoms with van der Waals surface area (Å²) in [5.74, 6) is 1.36. The van der Waals surface area contributed by atoms with Gasteiger partial charge in [0.25, 0.3) is 5.91 Å². The van der Waals surface area contributed by atoms with Gasteiger partial charge in [0, 0.05) is 17.0 Å². The molecule has 4 rings (SSSR count). The maximum absolute atomic E-state index is 13.1. The minimum atomic E-state index is -0.332. The Morgan fingerprint density at radius 3 is 2.25 bits per heavy atom. The van der Waals surface area contributed by atoms with Gasteiger partial charge in [-0.05, 0) is 67.1 Å². The van der Waals surface area contributed by atoms with Crippen LogP contribution >= 0.6 is 11.8 Å². The van der Waals surface area contributed by atoms with E-state index in [1.807, 2.05) is 31.2 Å². The molecule has 5 nitrogen and oxygen atoms in total. The first-order valence-corrected chi connectivity index (χ1v) is 13.2. The molecule has 0 aliphatic heterocycles. The molecule has 0 bridgehead atoms. The van der Waals surface area contributed by atoms with Crippen molar-refractivity contribution in [1.82, 2.24) is 20.1 Å². The molecule has 1 heterocycles. The number of benzene rings is 3. The topological polar surface area (TPSA) is 59.8 Å². The van der Waals surface area contributed by atoms with Gasteiger partial charge in [0.2, 0.25) is 0 Å². The van der Waals surface area contributed by atoms with E-state index in [-0.39, 0.29) is 17.4 Å². The predicted molar refractivity (Wildman–Crippen MR) is 148 cm³/mol. The zero-order valence-electron chi connectivity index (χ0n) is 21.9. The third-order valence-electron chi connectivity index (χ3n) is 6.32. The van der Waals surface area contributed by atoms with Crippen LogP contribution in [0, 0.1) is 13.8 Å². The summed E-state index contributed by atoms with van der Waals surface area (Å²) in [4.78, 5) is 13.1. The summed E-state index contributed by atoms with van der Waals surface area (Å²) in [6.45, 7) is 12.6. The highest BCUT2D eigenvalue weighted by molar-refractivity contribution is 7.98. The molecular weight excluding hydrogens is 464 g/mol. The molecule has 6 heteroatoms. The fourth-order valence-corrected chi connectivity index (χ4v) is 5.01. The quantitative estimate of drug-likeness (QED) is 0.280. The molecule has 0 radical (unpaired) electrons. The molecule has 0 aliphatic rings. The monoisotopic (exact) mass is 498 g/mol. The van der Waals surface area contributed by atoms with Gasteiger partial charge >= 0.3 is 0 Å². The first-order chi connectivity index (χ1) is 17.1. The molecule has 1 amide bonds. The standard InChI is InChI=1S/C30H34N4OS/c1-20-11-17-26(18-12-20)34-27(32-33-29(34)36-19-24-10-8-7-9-21(24)2)22(3)31-28(35)23-13-15-25(16-14-23)30(4,5)6/h7-18,22H,19H2,1-6H3,(H,31,35). The van der Waals surface area contributed by atoms with E-state index in [9.17, 15) is 4.79 Å². The Kier molecular flexibility index (Phi) is 7.65. The van der Waals surface area contributed by atoms with Crippen LogP contribution in [0.2, 0.25) is 0 Å². The summed E-state index contributed by atoms with van der Waals surface area (Å²) in [6.07, 6.45) is 0. The summed E-state index contributed by atoms with van der Waals surface area (Å²) in [6, 6.07) is 24.2. The molecular formula is C30H34N4OS. The fourth-order valence-electron chi connectivity index (χ4n) is 3.97. The molecule has 186 valence electrons. The number of hydrogen-bond acceptors (Lipinski definition) is 4. The molecule has 4 aromatic rings. The Balaban J connectivity index is 1.59. The molecule has 0 saturated carbocycles. The summed E-state index contributed by atoms with van der Waals surface area (Å²) < 4.78 is 2.05. The van der Waals surface area contributed by atoms with E-state index >= 15 is 0 Å². The minimum absolute atomic E-state index is 0.0408. The molecule has 36 heavy (non-hydrogen) atoms. The van der Waals surface area contributed by atoms with Gasteiger partial charge < -0.3 is 5.32 Å². The highest BCUT2D eigenvalue weighted by Gasteiger charge is 2.22. The van der Waals surface area contributed by atoms with Gasteiger partial charge in [0.05, 0.1) is 6.04 Å². The maximum Gasteiger partial charge on any atom is 0.251 e. The van der Waals surface area contributed by atoms with Gasteiger partial charge in [-0.3, -0.25) is 9.36 Å². The van der Waals surface area contributed by atoms with E-state index in [2.05, 4.69) is 103 Å². The number of aryl methyl sites for hydroxylation is 2. The number of aromatic nitrogens is 3.